The number of thiophene rings is 1. The average Bonchev–Trinajstić information content (AvgIpc) is 2.95. The van der Waals surface area contributed by atoms with Crippen molar-refractivity contribution in [3.05, 3.63) is 44.2 Å². The van der Waals surface area contributed by atoms with Crippen molar-refractivity contribution < 1.29 is 9.90 Å². The van der Waals surface area contributed by atoms with Gasteiger partial charge in [0.2, 0.25) is 0 Å². The maximum atomic E-state index is 12.6. The predicted octanol–water partition coefficient (Wildman–Crippen LogP) is 7.36. The fourth-order valence-corrected chi connectivity index (χ4v) is 5.40. The Morgan fingerprint density at radius 3 is 2.07 bits per heavy atom. The molecule has 0 radical (unpaired) electrons. The molecule has 0 saturated heterocycles. The standard InChI is InChI=1S/C20H26Cl2N2O2S2/c1-10(2)13-7-12(21)8-14(11(3)4)17(13)23-19(25)24-28-16-9-15(18(22)27-16)20(5,6)26/h7-11,26H,1-6H3,(H2,23,24,25). The monoisotopic (exact) mass is 460 g/mol. The van der Waals surface area contributed by atoms with Gasteiger partial charge in [-0.2, -0.15) is 0 Å². The summed E-state index contributed by atoms with van der Waals surface area (Å²) in [5.74, 6) is 0.425. The van der Waals surface area contributed by atoms with Crippen LogP contribution in [0.5, 0.6) is 0 Å². The molecular formula is C20H26Cl2N2O2S2. The molecule has 2 amide bonds. The number of aliphatic hydroxyl groups is 1. The molecule has 28 heavy (non-hydrogen) atoms. The second-order valence-electron chi connectivity index (χ2n) is 7.74. The lowest BCUT2D eigenvalue weighted by atomic mass is 9.92. The fourth-order valence-electron chi connectivity index (χ4n) is 2.76. The number of hydrogen-bond acceptors (Lipinski definition) is 4. The van der Waals surface area contributed by atoms with Gasteiger partial charge in [-0.05, 0) is 67.0 Å². The maximum absolute atomic E-state index is 12.6. The van der Waals surface area contributed by atoms with Gasteiger partial charge in [-0.15, -0.1) is 11.3 Å². The van der Waals surface area contributed by atoms with Crippen LogP contribution in [0.4, 0.5) is 10.5 Å². The molecule has 8 heteroatoms. The summed E-state index contributed by atoms with van der Waals surface area (Å²) in [5, 5.41) is 13.8. The topological polar surface area (TPSA) is 61.4 Å². The highest BCUT2D eigenvalue weighted by atomic mass is 35.5. The summed E-state index contributed by atoms with van der Waals surface area (Å²) in [6.07, 6.45) is 0. The maximum Gasteiger partial charge on any atom is 0.329 e. The van der Waals surface area contributed by atoms with E-state index in [4.69, 9.17) is 23.2 Å². The van der Waals surface area contributed by atoms with Crippen LogP contribution in [-0.4, -0.2) is 11.1 Å². The third-order valence-electron chi connectivity index (χ3n) is 4.21. The molecule has 154 valence electrons. The SMILES string of the molecule is CC(C)c1cc(Cl)cc(C(C)C)c1NC(=O)NSc1cc(C(C)(C)O)c(Cl)s1. The van der Waals surface area contributed by atoms with E-state index in [1.54, 1.807) is 19.9 Å². The molecule has 0 bridgehead atoms. The average molecular weight is 461 g/mol. The summed E-state index contributed by atoms with van der Waals surface area (Å²) in [6.45, 7) is 11.6. The van der Waals surface area contributed by atoms with Crippen molar-refractivity contribution in [1.29, 1.82) is 0 Å². The fraction of sp³-hybridized carbons (Fsp3) is 0.450. The lowest BCUT2D eigenvalue weighted by Crippen LogP contribution is -2.24. The first-order valence-corrected chi connectivity index (χ1v) is 11.4. The molecule has 0 aliphatic heterocycles. The van der Waals surface area contributed by atoms with Gasteiger partial charge >= 0.3 is 6.03 Å². The largest absolute Gasteiger partial charge is 0.386 e. The molecule has 0 aliphatic rings. The highest BCUT2D eigenvalue weighted by Crippen LogP contribution is 2.39. The first kappa shape index (κ1) is 23.4. The van der Waals surface area contributed by atoms with Crippen LogP contribution in [0.25, 0.3) is 0 Å². The van der Waals surface area contributed by atoms with Crippen LogP contribution in [0.3, 0.4) is 0 Å². The van der Waals surface area contributed by atoms with E-state index in [1.807, 2.05) is 12.1 Å². The Labute approximate surface area is 185 Å². The number of hydrogen-bond donors (Lipinski definition) is 3. The van der Waals surface area contributed by atoms with Gasteiger partial charge < -0.3 is 10.4 Å². The molecule has 0 atom stereocenters. The number of urea groups is 1. The number of amides is 2. The van der Waals surface area contributed by atoms with E-state index < -0.39 is 5.60 Å². The van der Waals surface area contributed by atoms with Crippen LogP contribution in [0.15, 0.2) is 22.4 Å². The van der Waals surface area contributed by atoms with E-state index in [9.17, 15) is 9.90 Å². The number of carbonyl (C=O) groups is 1. The second-order valence-corrected chi connectivity index (χ2v) is 10.9. The highest BCUT2D eigenvalue weighted by Gasteiger charge is 2.23. The van der Waals surface area contributed by atoms with E-state index in [0.717, 1.165) is 21.0 Å². The lowest BCUT2D eigenvalue weighted by Gasteiger charge is -2.21. The van der Waals surface area contributed by atoms with Crippen LogP contribution >= 0.6 is 46.5 Å². The minimum atomic E-state index is -1.03. The first-order chi connectivity index (χ1) is 12.9. The van der Waals surface area contributed by atoms with Gasteiger partial charge in [0.25, 0.3) is 0 Å². The summed E-state index contributed by atoms with van der Waals surface area (Å²) in [6, 6.07) is 5.26. The third-order valence-corrected chi connectivity index (χ3v) is 6.69. The van der Waals surface area contributed by atoms with Gasteiger partial charge in [0.05, 0.1) is 9.81 Å². The van der Waals surface area contributed by atoms with Crippen LogP contribution in [0.1, 0.15) is 70.1 Å². The van der Waals surface area contributed by atoms with Gasteiger partial charge in [0.1, 0.15) is 4.34 Å². The molecule has 2 rings (SSSR count). The smallest absolute Gasteiger partial charge is 0.329 e. The van der Waals surface area contributed by atoms with E-state index in [0.29, 0.717) is 14.9 Å². The molecule has 1 heterocycles. The van der Waals surface area contributed by atoms with Crippen LogP contribution in [0.2, 0.25) is 9.36 Å². The molecule has 0 unspecified atom stereocenters. The van der Waals surface area contributed by atoms with Crippen molar-refractivity contribution >= 4 is 58.2 Å². The molecule has 0 aliphatic carbocycles. The Bertz CT molecular complexity index is 829. The zero-order valence-electron chi connectivity index (χ0n) is 16.8. The van der Waals surface area contributed by atoms with Gasteiger partial charge in [-0.3, -0.25) is 4.72 Å². The van der Waals surface area contributed by atoms with Crippen molar-refractivity contribution in [1.82, 2.24) is 4.72 Å². The molecule has 4 nitrogen and oxygen atoms in total. The van der Waals surface area contributed by atoms with E-state index in [2.05, 4.69) is 37.7 Å². The number of anilines is 1. The summed E-state index contributed by atoms with van der Waals surface area (Å²) in [7, 11) is 0. The van der Waals surface area contributed by atoms with Crippen molar-refractivity contribution in [2.24, 2.45) is 0 Å². The summed E-state index contributed by atoms with van der Waals surface area (Å²) < 4.78 is 4.10. The number of benzene rings is 1. The normalized spacial score (nSPS) is 12.0. The van der Waals surface area contributed by atoms with Crippen molar-refractivity contribution in [2.45, 2.75) is 63.2 Å². The van der Waals surface area contributed by atoms with Crippen molar-refractivity contribution in [3.8, 4) is 0 Å². The predicted molar refractivity (Wildman–Crippen MR) is 122 cm³/mol. The quantitative estimate of drug-likeness (QED) is 0.394. The minimum absolute atomic E-state index is 0.213. The third kappa shape index (κ3) is 5.80. The summed E-state index contributed by atoms with van der Waals surface area (Å²) >= 11 is 15.0. The van der Waals surface area contributed by atoms with E-state index in [-0.39, 0.29) is 17.9 Å². The molecule has 1 aromatic carbocycles. The highest BCUT2D eigenvalue weighted by molar-refractivity contribution is 7.99. The van der Waals surface area contributed by atoms with Crippen LogP contribution < -0.4 is 10.0 Å². The Kier molecular flexibility index (Phi) is 7.73. The molecule has 0 spiro atoms. The van der Waals surface area contributed by atoms with Gasteiger partial charge in [0, 0.05) is 16.3 Å². The number of nitrogens with one attached hydrogen (secondary N) is 2. The van der Waals surface area contributed by atoms with Crippen LogP contribution in [-0.2, 0) is 5.60 Å². The first-order valence-electron chi connectivity index (χ1n) is 8.99. The zero-order chi connectivity index (χ0) is 21.2. The summed E-state index contributed by atoms with van der Waals surface area (Å²) in [5.41, 5.74) is 2.41. The Hall–Kier alpha value is -0.920. The van der Waals surface area contributed by atoms with Gasteiger partial charge in [-0.1, -0.05) is 50.9 Å². The molecule has 0 fully saturated rings. The number of rotatable bonds is 6. The Balaban J connectivity index is 2.18. The number of halogens is 2. The van der Waals surface area contributed by atoms with Crippen molar-refractivity contribution in [3.63, 3.8) is 0 Å². The van der Waals surface area contributed by atoms with E-state index >= 15 is 0 Å². The van der Waals surface area contributed by atoms with Crippen molar-refractivity contribution in [2.75, 3.05) is 5.32 Å². The van der Waals surface area contributed by atoms with Gasteiger partial charge in [-0.25, -0.2) is 4.79 Å². The molecule has 1 aromatic heterocycles. The second kappa shape index (κ2) is 9.26. The van der Waals surface area contributed by atoms with E-state index in [1.165, 1.54) is 23.3 Å². The minimum Gasteiger partial charge on any atom is -0.386 e. The van der Waals surface area contributed by atoms with Crippen LogP contribution in [0, 0.1) is 0 Å². The molecule has 0 saturated carbocycles. The Morgan fingerprint density at radius 1 is 1.11 bits per heavy atom. The lowest BCUT2D eigenvalue weighted by molar-refractivity contribution is 0.0790. The molecule has 2 aromatic rings. The Morgan fingerprint density at radius 2 is 1.64 bits per heavy atom. The van der Waals surface area contributed by atoms with Gasteiger partial charge in [0.15, 0.2) is 0 Å². The number of carbonyl (C=O) groups excluding carboxylic acids is 1. The molecule has 3 N–H and O–H groups in total. The zero-order valence-corrected chi connectivity index (χ0v) is 20.0. The summed E-state index contributed by atoms with van der Waals surface area (Å²) in [4.78, 5) is 12.6. The molecular weight excluding hydrogens is 435 g/mol.